The van der Waals surface area contributed by atoms with Crippen LogP contribution in [0.15, 0.2) is 36.5 Å². The topological polar surface area (TPSA) is 85.4 Å². The van der Waals surface area contributed by atoms with Gasteiger partial charge in [-0.05, 0) is 36.2 Å². The number of aromatic nitrogens is 2. The van der Waals surface area contributed by atoms with Crippen LogP contribution in [0, 0.1) is 5.92 Å². The van der Waals surface area contributed by atoms with E-state index in [0.717, 1.165) is 18.0 Å². The Balaban J connectivity index is 1.76. The number of nitrogens with one attached hydrogen (secondary N) is 2. The van der Waals surface area contributed by atoms with Gasteiger partial charge in [-0.2, -0.15) is 0 Å². The third-order valence-corrected chi connectivity index (χ3v) is 3.27. The van der Waals surface area contributed by atoms with E-state index in [1.54, 1.807) is 19.4 Å². The second-order valence-electron chi connectivity index (χ2n) is 5.82. The van der Waals surface area contributed by atoms with Crippen molar-refractivity contribution in [2.24, 2.45) is 5.92 Å². The van der Waals surface area contributed by atoms with E-state index in [1.807, 2.05) is 24.3 Å². The van der Waals surface area contributed by atoms with Crippen LogP contribution in [0.4, 0.5) is 5.95 Å². The van der Waals surface area contributed by atoms with Crippen molar-refractivity contribution in [2.75, 3.05) is 32.1 Å². The Kier molecular flexibility index (Phi) is 7.00. The van der Waals surface area contributed by atoms with E-state index in [1.165, 1.54) is 0 Å². The Morgan fingerprint density at radius 3 is 2.56 bits per heavy atom. The lowest BCUT2D eigenvalue weighted by Gasteiger charge is -2.09. The highest BCUT2D eigenvalue weighted by Crippen LogP contribution is 2.16. The second-order valence-corrected chi connectivity index (χ2v) is 5.82. The molecule has 2 rings (SSSR count). The molecule has 0 radical (unpaired) electrons. The van der Waals surface area contributed by atoms with E-state index in [2.05, 4.69) is 34.4 Å². The molecule has 0 bridgehead atoms. The van der Waals surface area contributed by atoms with Gasteiger partial charge in [0.05, 0.1) is 13.7 Å². The minimum atomic E-state index is -0.256. The monoisotopic (exact) mass is 344 g/mol. The van der Waals surface area contributed by atoms with Crippen LogP contribution in [0.2, 0.25) is 0 Å². The number of amides is 1. The van der Waals surface area contributed by atoms with Crippen molar-refractivity contribution in [2.45, 2.75) is 13.8 Å². The molecule has 0 saturated heterocycles. The second kappa shape index (κ2) is 9.46. The number of carbonyl (C=O) groups is 1. The Hall–Kier alpha value is -2.83. The molecule has 0 atom stereocenters. The van der Waals surface area contributed by atoms with Crippen LogP contribution in [0.5, 0.6) is 11.5 Å². The van der Waals surface area contributed by atoms with Crippen molar-refractivity contribution in [3.05, 3.63) is 42.2 Å². The summed E-state index contributed by atoms with van der Waals surface area (Å²) in [4.78, 5) is 20.4. The summed E-state index contributed by atoms with van der Waals surface area (Å²) in [6.07, 6.45) is 1.57. The number of ether oxygens (including phenoxy) is 2. The molecule has 25 heavy (non-hydrogen) atoms. The number of rotatable bonds is 9. The predicted octanol–water partition coefficient (Wildman–Crippen LogP) is 2.36. The molecular weight excluding hydrogens is 320 g/mol. The summed E-state index contributed by atoms with van der Waals surface area (Å²) in [5.74, 6) is 2.16. The van der Waals surface area contributed by atoms with Crippen LogP contribution in [0.1, 0.15) is 24.3 Å². The van der Waals surface area contributed by atoms with Gasteiger partial charge >= 0.3 is 0 Å². The highest BCUT2D eigenvalue weighted by atomic mass is 16.5. The van der Waals surface area contributed by atoms with E-state index in [0.29, 0.717) is 30.7 Å². The number of hydrogen-bond donors (Lipinski definition) is 2. The number of nitrogens with zero attached hydrogens (tertiary/aromatic N) is 2. The maximum Gasteiger partial charge on any atom is 0.270 e. The zero-order chi connectivity index (χ0) is 18.1. The fourth-order valence-electron chi connectivity index (χ4n) is 1.96. The minimum Gasteiger partial charge on any atom is -0.497 e. The number of hydrogen-bond acceptors (Lipinski definition) is 6. The average Bonchev–Trinajstić information content (AvgIpc) is 2.64. The standard InChI is InChI=1S/C18H24N4O3/c1-13(2)12-21-18-20-9-8-16(22-18)17(23)19-10-11-25-15-6-4-14(24-3)5-7-15/h4-9,13H,10-12H2,1-3H3,(H,19,23)(H,20,21,22). The van der Waals surface area contributed by atoms with Gasteiger partial charge in [-0.25, -0.2) is 9.97 Å². The molecule has 0 spiro atoms. The molecule has 7 nitrogen and oxygen atoms in total. The molecule has 2 N–H and O–H groups in total. The molecule has 0 fully saturated rings. The van der Waals surface area contributed by atoms with Gasteiger partial charge in [0, 0.05) is 12.7 Å². The molecule has 1 amide bonds. The first-order valence-corrected chi connectivity index (χ1v) is 8.20. The number of benzene rings is 1. The van der Waals surface area contributed by atoms with Gasteiger partial charge in [0.2, 0.25) is 5.95 Å². The lowest BCUT2D eigenvalue weighted by Crippen LogP contribution is -2.29. The molecule has 0 saturated carbocycles. The van der Waals surface area contributed by atoms with Crippen LogP contribution in [-0.4, -0.2) is 42.7 Å². The Labute approximate surface area is 147 Å². The molecule has 1 aromatic heterocycles. The third-order valence-electron chi connectivity index (χ3n) is 3.27. The molecule has 0 aliphatic carbocycles. The molecule has 0 aliphatic rings. The molecular formula is C18H24N4O3. The summed E-state index contributed by atoms with van der Waals surface area (Å²) in [5, 5.41) is 5.88. The highest BCUT2D eigenvalue weighted by molar-refractivity contribution is 5.92. The van der Waals surface area contributed by atoms with Gasteiger partial charge in [-0.15, -0.1) is 0 Å². The Bertz CT molecular complexity index is 674. The summed E-state index contributed by atoms with van der Waals surface area (Å²) in [5.41, 5.74) is 0.325. The fourth-order valence-corrected chi connectivity index (χ4v) is 1.96. The average molecular weight is 344 g/mol. The fraction of sp³-hybridized carbons (Fsp3) is 0.389. The summed E-state index contributed by atoms with van der Waals surface area (Å²) in [7, 11) is 1.61. The van der Waals surface area contributed by atoms with Gasteiger partial charge < -0.3 is 20.1 Å². The van der Waals surface area contributed by atoms with E-state index in [-0.39, 0.29) is 5.91 Å². The molecule has 134 valence electrons. The quantitative estimate of drug-likeness (QED) is 0.679. The normalized spacial score (nSPS) is 10.4. The summed E-state index contributed by atoms with van der Waals surface area (Å²) >= 11 is 0. The first-order valence-electron chi connectivity index (χ1n) is 8.20. The molecule has 0 unspecified atom stereocenters. The van der Waals surface area contributed by atoms with Crippen LogP contribution < -0.4 is 20.1 Å². The lowest BCUT2D eigenvalue weighted by atomic mass is 10.2. The van der Waals surface area contributed by atoms with Crippen molar-refractivity contribution in [3.8, 4) is 11.5 Å². The summed E-state index contributed by atoms with van der Waals surface area (Å²) < 4.78 is 10.7. The maximum atomic E-state index is 12.1. The van der Waals surface area contributed by atoms with Crippen molar-refractivity contribution in [1.29, 1.82) is 0 Å². The molecule has 1 aromatic carbocycles. The number of methoxy groups -OCH3 is 1. The first kappa shape index (κ1) is 18.5. The van der Waals surface area contributed by atoms with Gasteiger partial charge in [0.1, 0.15) is 23.8 Å². The molecule has 2 aromatic rings. The minimum absolute atomic E-state index is 0.256. The van der Waals surface area contributed by atoms with Crippen LogP contribution in [-0.2, 0) is 0 Å². The predicted molar refractivity (Wildman–Crippen MR) is 96.2 cm³/mol. The third kappa shape index (κ3) is 6.29. The van der Waals surface area contributed by atoms with Crippen molar-refractivity contribution < 1.29 is 14.3 Å². The zero-order valence-corrected chi connectivity index (χ0v) is 14.8. The van der Waals surface area contributed by atoms with Gasteiger partial charge in [-0.1, -0.05) is 13.8 Å². The van der Waals surface area contributed by atoms with Crippen LogP contribution in [0.3, 0.4) is 0 Å². The maximum absolute atomic E-state index is 12.1. The lowest BCUT2D eigenvalue weighted by molar-refractivity contribution is 0.0942. The van der Waals surface area contributed by atoms with Crippen molar-refractivity contribution in [3.63, 3.8) is 0 Å². The van der Waals surface area contributed by atoms with E-state index in [4.69, 9.17) is 9.47 Å². The molecule has 1 heterocycles. The largest absolute Gasteiger partial charge is 0.497 e. The summed E-state index contributed by atoms with van der Waals surface area (Å²) in [6.45, 7) is 5.67. The number of carbonyl (C=O) groups excluding carboxylic acids is 1. The Morgan fingerprint density at radius 2 is 1.88 bits per heavy atom. The number of anilines is 1. The van der Waals surface area contributed by atoms with Crippen LogP contribution in [0.25, 0.3) is 0 Å². The van der Waals surface area contributed by atoms with Gasteiger partial charge in [0.15, 0.2) is 0 Å². The van der Waals surface area contributed by atoms with E-state index in [9.17, 15) is 4.79 Å². The first-order chi connectivity index (χ1) is 12.1. The van der Waals surface area contributed by atoms with Crippen LogP contribution >= 0.6 is 0 Å². The molecule has 0 aliphatic heterocycles. The zero-order valence-electron chi connectivity index (χ0n) is 14.8. The highest BCUT2D eigenvalue weighted by Gasteiger charge is 2.08. The van der Waals surface area contributed by atoms with Crippen molar-refractivity contribution >= 4 is 11.9 Å². The van der Waals surface area contributed by atoms with E-state index >= 15 is 0 Å². The smallest absolute Gasteiger partial charge is 0.270 e. The van der Waals surface area contributed by atoms with Gasteiger partial charge in [0.25, 0.3) is 5.91 Å². The SMILES string of the molecule is COc1ccc(OCCNC(=O)c2ccnc(NCC(C)C)n2)cc1. The van der Waals surface area contributed by atoms with E-state index < -0.39 is 0 Å². The van der Waals surface area contributed by atoms with Gasteiger partial charge in [-0.3, -0.25) is 4.79 Å². The Morgan fingerprint density at radius 1 is 1.16 bits per heavy atom. The van der Waals surface area contributed by atoms with Crippen molar-refractivity contribution in [1.82, 2.24) is 15.3 Å². The summed E-state index contributed by atoms with van der Waals surface area (Å²) in [6, 6.07) is 8.86. The molecule has 7 heteroatoms.